The summed E-state index contributed by atoms with van der Waals surface area (Å²) in [5, 5.41) is 9.55. The maximum Gasteiger partial charge on any atom is 0.114 e. The van der Waals surface area contributed by atoms with Crippen molar-refractivity contribution < 1.29 is 10.0 Å². The van der Waals surface area contributed by atoms with Crippen molar-refractivity contribution in [3.63, 3.8) is 0 Å². The van der Waals surface area contributed by atoms with Crippen LogP contribution in [0.15, 0.2) is 0 Å². The summed E-state index contributed by atoms with van der Waals surface area (Å²) in [7, 11) is 2.23. The number of rotatable bonds is 0. The molecule has 0 radical (unpaired) electrons. The van der Waals surface area contributed by atoms with Gasteiger partial charge in [-0.25, -0.2) is 0 Å². The first kappa shape index (κ1) is 6.62. The van der Waals surface area contributed by atoms with Crippen molar-refractivity contribution >= 4 is 0 Å². The minimum Gasteiger partial charge on any atom is -0.387 e. The van der Waals surface area contributed by atoms with Crippen LogP contribution < -0.4 is 4.90 Å². The Balaban J connectivity index is 2.13. The molecule has 0 amide bonds. The first-order valence-corrected chi connectivity index (χ1v) is 4.30. The molecule has 0 aliphatic carbocycles. The molecular weight excluding hydrogens is 126 g/mol. The summed E-state index contributed by atoms with van der Waals surface area (Å²) in [6.45, 7) is 0. The van der Waals surface area contributed by atoms with E-state index >= 15 is 0 Å². The van der Waals surface area contributed by atoms with Crippen molar-refractivity contribution in [3.8, 4) is 0 Å². The highest BCUT2D eigenvalue weighted by Gasteiger charge is 2.43. The van der Waals surface area contributed by atoms with Gasteiger partial charge in [0.2, 0.25) is 0 Å². The molecule has 2 aliphatic heterocycles. The molecule has 2 heterocycles. The van der Waals surface area contributed by atoms with Crippen LogP contribution in [0.3, 0.4) is 0 Å². The lowest BCUT2D eigenvalue weighted by Gasteiger charge is -2.31. The average Bonchev–Trinajstić information content (AvgIpc) is 2.13. The monoisotopic (exact) mass is 142 g/mol. The van der Waals surface area contributed by atoms with Crippen molar-refractivity contribution in [2.75, 3.05) is 7.05 Å². The summed E-state index contributed by atoms with van der Waals surface area (Å²) in [5.74, 6) is 0. The summed E-state index contributed by atoms with van der Waals surface area (Å²) in [4.78, 5) is 1.58. The van der Waals surface area contributed by atoms with Gasteiger partial charge in [0.1, 0.15) is 12.1 Å². The van der Waals surface area contributed by atoms with Gasteiger partial charge in [-0.3, -0.25) is 0 Å². The highest BCUT2D eigenvalue weighted by molar-refractivity contribution is 4.82. The number of hydrogen-bond donors (Lipinski definition) is 2. The summed E-state index contributed by atoms with van der Waals surface area (Å²) in [6.07, 6.45) is 4.88. The van der Waals surface area contributed by atoms with E-state index in [1.165, 1.54) is 19.3 Å². The highest BCUT2D eigenvalue weighted by atomic mass is 16.3. The number of aliphatic hydroxyl groups is 1. The van der Waals surface area contributed by atoms with Crippen LogP contribution in [0.5, 0.6) is 0 Å². The first-order chi connectivity index (χ1) is 4.79. The normalized spacial score (nSPS) is 53.4. The van der Waals surface area contributed by atoms with Crippen LogP contribution in [-0.4, -0.2) is 30.3 Å². The van der Waals surface area contributed by atoms with Gasteiger partial charge in [-0.15, -0.1) is 0 Å². The number of likely N-dealkylation sites (N-methyl/N-ethyl adjacent to an activating group) is 1. The highest BCUT2D eigenvalue weighted by Crippen LogP contribution is 2.21. The zero-order chi connectivity index (χ0) is 7.14. The van der Waals surface area contributed by atoms with Gasteiger partial charge in [-0.05, 0) is 6.42 Å². The molecule has 1 unspecified atom stereocenters. The summed E-state index contributed by atoms with van der Waals surface area (Å²) in [6, 6.07) is 1.44. The van der Waals surface area contributed by atoms with E-state index in [0.717, 1.165) is 12.5 Å². The maximum atomic E-state index is 9.55. The number of nitrogens with one attached hydrogen (secondary N) is 1. The minimum absolute atomic E-state index is 0.00116. The van der Waals surface area contributed by atoms with Gasteiger partial charge < -0.3 is 10.0 Å². The third kappa shape index (κ3) is 0.789. The van der Waals surface area contributed by atoms with Gasteiger partial charge in [0.15, 0.2) is 0 Å². The molecule has 2 heteroatoms. The van der Waals surface area contributed by atoms with Crippen molar-refractivity contribution in [2.24, 2.45) is 0 Å². The molecule has 2 saturated heterocycles. The Labute approximate surface area is 61.8 Å². The Hall–Kier alpha value is -0.0800. The first-order valence-electron chi connectivity index (χ1n) is 4.30. The van der Waals surface area contributed by atoms with Gasteiger partial charge in [0.25, 0.3) is 0 Å². The Kier molecular flexibility index (Phi) is 1.46. The van der Waals surface area contributed by atoms with E-state index in [1.54, 1.807) is 4.90 Å². The maximum absolute atomic E-state index is 9.55. The molecule has 0 spiro atoms. The second-order valence-electron chi connectivity index (χ2n) is 3.77. The van der Waals surface area contributed by atoms with Gasteiger partial charge in [0, 0.05) is 19.3 Å². The molecule has 2 rings (SSSR count). The van der Waals surface area contributed by atoms with Crippen molar-refractivity contribution in [2.45, 2.75) is 43.9 Å². The lowest BCUT2D eigenvalue weighted by Crippen LogP contribution is -3.16. The fraction of sp³-hybridized carbons (Fsp3) is 1.00. The fourth-order valence-electron chi connectivity index (χ4n) is 2.58. The molecule has 2 fully saturated rings. The van der Waals surface area contributed by atoms with Crippen molar-refractivity contribution in [1.29, 1.82) is 0 Å². The predicted molar refractivity (Wildman–Crippen MR) is 38.9 cm³/mol. The molecular formula is C8H16NO+. The SMILES string of the molecule is C[NH+]1[C@@H]2CC[C@@H]1[C@@H](O)CC2. The zero-order valence-corrected chi connectivity index (χ0v) is 6.51. The molecule has 58 valence electrons. The third-order valence-corrected chi connectivity index (χ3v) is 3.33. The van der Waals surface area contributed by atoms with E-state index in [4.69, 9.17) is 0 Å². The third-order valence-electron chi connectivity index (χ3n) is 3.33. The Morgan fingerprint density at radius 2 is 1.90 bits per heavy atom. The van der Waals surface area contributed by atoms with E-state index in [0.29, 0.717) is 6.04 Å². The summed E-state index contributed by atoms with van der Waals surface area (Å²) in [5.41, 5.74) is 0. The molecule has 2 aliphatic rings. The minimum atomic E-state index is -0.00116. The second-order valence-corrected chi connectivity index (χ2v) is 3.77. The van der Waals surface area contributed by atoms with Gasteiger partial charge in [-0.2, -0.15) is 0 Å². The van der Waals surface area contributed by atoms with E-state index in [9.17, 15) is 5.11 Å². The number of hydrogen-bond acceptors (Lipinski definition) is 1. The molecule has 2 nitrogen and oxygen atoms in total. The zero-order valence-electron chi connectivity index (χ0n) is 6.51. The molecule has 10 heavy (non-hydrogen) atoms. The quantitative estimate of drug-likeness (QED) is 0.454. The van der Waals surface area contributed by atoms with Crippen LogP contribution >= 0.6 is 0 Å². The lowest BCUT2D eigenvalue weighted by atomic mass is 10.0. The summed E-state index contributed by atoms with van der Waals surface area (Å²) < 4.78 is 0. The Morgan fingerprint density at radius 3 is 2.60 bits per heavy atom. The molecule has 0 aromatic rings. The average molecular weight is 142 g/mol. The number of fused-ring (bicyclic) bond motifs is 2. The summed E-state index contributed by atoms with van der Waals surface area (Å²) >= 11 is 0. The van der Waals surface area contributed by atoms with Crippen LogP contribution in [0, 0.1) is 0 Å². The Bertz CT molecular complexity index is 137. The number of piperidine rings is 1. The van der Waals surface area contributed by atoms with E-state index in [1.807, 2.05) is 0 Å². The van der Waals surface area contributed by atoms with E-state index < -0.39 is 0 Å². The molecule has 4 atom stereocenters. The van der Waals surface area contributed by atoms with E-state index in [-0.39, 0.29) is 6.10 Å². The van der Waals surface area contributed by atoms with Crippen LogP contribution in [-0.2, 0) is 0 Å². The second kappa shape index (κ2) is 2.21. The molecule has 2 bridgehead atoms. The van der Waals surface area contributed by atoms with Crippen LogP contribution in [0.4, 0.5) is 0 Å². The van der Waals surface area contributed by atoms with Gasteiger partial charge >= 0.3 is 0 Å². The lowest BCUT2D eigenvalue weighted by molar-refractivity contribution is -0.926. The Morgan fingerprint density at radius 1 is 1.20 bits per heavy atom. The van der Waals surface area contributed by atoms with Gasteiger partial charge in [-0.1, -0.05) is 0 Å². The number of aliphatic hydroxyl groups excluding tert-OH is 1. The van der Waals surface area contributed by atoms with Crippen LogP contribution in [0.2, 0.25) is 0 Å². The van der Waals surface area contributed by atoms with E-state index in [2.05, 4.69) is 7.05 Å². The van der Waals surface area contributed by atoms with Crippen LogP contribution in [0.25, 0.3) is 0 Å². The van der Waals surface area contributed by atoms with Crippen molar-refractivity contribution in [3.05, 3.63) is 0 Å². The molecule has 0 aromatic carbocycles. The molecule has 0 saturated carbocycles. The predicted octanol–water partition coefficient (Wildman–Crippen LogP) is -0.813. The largest absolute Gasteiger partial charge is 0.387 e. The smallest absolute Gasteiger partial charge is 0.114 e. The van der Waals surface area contributed by atoms with Gasteiger partial charge in [0.05, 0.1) is 13.1 Å². The molecule has 0 aromatic heterocycles. The topological polar surface area (TPSA) is 24.7 Å². The van der Waals surface area contributed by atoms with Crippen molar-refractivity contribution in [1.82, 2.24) is 0 Å². The standard InChI is InChI=1S/C8H15NO/c1-9-6-2-4-7(9)8(10)5-3-6/h6-8,10H,2-5H2,1H3/p+1/t6-,7-,8+/m1/s1. The number of quaternary nitrogens is 1. The fourth-order valence-corrected chi connectivity index (χ4v) is 2.58. The van der Waals surface area contributed by atoms with Crippen LogP contribution in [0.1, 0.15) is 25.7 Å². The molecule has 2 N–H and O–H groups in total.